The van der Waals surface area contributed by atoms with Gasteiger partial charge in [0.05, 0.1) is 12.6 Å². The number of rotatable bonds is 10. The highest BCUT2D eigenvalue weighted by Crippen LogP contribution is 2.12. The molecule has 1 aromatic heterocycles. The molecule has 0 unspecified atom stereocenters. The van der Waals surface area contributed by atoms with Crippen LogP contribution in [0.15, 0.2) is 43.0 Å². The number of nitrogens with zero attached hydrogens (tertiary/aromatic N) is 3. The van der Waals surface area contributed by atoms with Gasteiger partial charge in [-0.05, 0) is 12.0 Å². The van der Waals surface area contributed by atoms with Gasteiger partial charge in [0, 0.05) is 13.1 Å². The fraction of sp³-hybridized carbons (Fsp3) is 0.353. The molecule has 4 N–H and O–H groups in total. The van der Waals surface area contributed by atoms with E-state index < -0.39 is 0 Å². The third kappa shape index (κ3) is 5.51. The second-order valence-electron chi connectivity index (χ2n) is 5.25. The summed E-state index contributed by atoms with van der Waals surface area (Å²) in [7, 11) is 0. The fourth-order valence-electron chi connectivity index (χ4n) is 2.00. The minimum Gasteiger partial charge on any atom is -0.394 e. The van der Waals surface area contributed by atoms with E-state index in [1.54, 1.807) is 6.08 Å². The Labute approximate surface area is 142 Å². The van der Waals surface area contributed by atoms with Crippen LogP contribution in [0.5, 0.6) is 0 Å². The first-order valence-corrected chi connectivity index (χ1v) is 8.01. The lowest BCUT2D eigenvalue weighted by atomic mass is 10.2. The first-order chi connectivity index (χ1) is 11.7. The van der Waals surface area contributed by atoms with E-state index in [2.05, 4.69) is 37.5 Å². The van der Waals surface area contributed by atoms with E-state index in [1.807, 2.05) is 37.3 Å². The highest BCUT2D eigenvalue weighted by molar-refractivity contribution is 5.43. The predicted molar refractivity (Wildman–Crippen MR) is 97.1 cm³/mol. The van der Waals surface area contributed by atoms with Crippen molar-refractivity contribution >= 4 is 17.8 Å². The van der Waals surface area contributed by atoms with Crippen LogP contribution in [0.25, 0.3) is 0 Å². The number of benzene rings is 1. The van der Waals surface area contributed by atoms with Crippen LogP contribution in [0, 0.1) is 0 Å². The molecule has 0 fully saturated rings. The molecule has 0 amide bonds. The van der Waals surface area contributed by atoms with E-state index in [0.29, 0.717) is 30.9 Å². The number of aliphatic hydroxyl groups excluding tert-OH is 1. The van der Waals surface area contributed by atoms with Crippen molar-refractivity contribution in [3.63, 3.8) is 0 Å². The zero-order valence-corrected chi connectivity index (χ0v) is 13.9. The van der Waals surface area contributed by atoms with Crippen LogP contribution < -0.4 is 16.0 Å². The molecule has 2 rings (SSSR count). The minimum absolute atomic E-state index is 0.0182. The maximum Gasteiger partial charge on any atom is 0.229 e. The van der Waals surface area contributed by atoms with E-state index in [0.717, 1.165) is 12.0 Å². The Kier molecular flexibility index (Phi) is 6.97. The summed E-state index contributed by atoms with van der Waals surface area (Å²) in [6, 6.07) is 9.92. The Morgan fingerprint density at radius 3 is 2.38 bits per heavy atom. The smallest absolute Gasteiger partial charge is 0.229 e. The maximum atomic E-state index is 9.34. The highest BCUT2D eigenvalue weighted by atomic mass is 16.3. The van der Waals surface area contributed by atoms with Crippen LogP contribution >= 0.6 is 0 Å². The van der Waals surface area contributed by atoms with Crippen LogP contribution in [0.1, 0.15) is 18.9 Å². The van der Waals surface area contributed by atoms with Crippen LogP contribution in [0.4, 0.5) is 17.8 Å². The summed E-state index contributed by atoms with van der Waals surface area (Å²) in [4.78, 5) is 13.0. The highest BCUT2D eigenvalue weighted by Gasteiger charge is 2.10. The summed E-state index contributed by atoms with van der Waals surface area (Å²) in [6.07, 6.45) is 2.50. The topological polar surface area (TPSA) is 95.0 Å². The third-order valence-corrected chi connectivity index (χ3v) is 3.38. The summed E-state index contributed by atoms with van der Waals surface area (Å²) >= 11 is 0. The van der Waals surface area contributed by atoms with Gasteiger partial charge in [0.2, 0.25) is 17.8 Å². The minimum atomic E-state index is -0.0957. The van der Waals surface area contributed by atoms with Crippen molar-refractivity contribution in [2.75, 3.05) is 29.1 Å². The van der Waals surface area contributed by atoms with Crippen molar-refractivity contribution in [1.29, 1.82) is 0 Å². The molecule has 24 heavy (non-hydrogen) atoms. The van der Waals surface area contributed by atoms with Crippen molar-refractivity contribution in [3.05, 3.63) is 48.6 Å². The molecule has 128 valence electrons. The van der Waals surface area contributed by atoms with E-state index in [-0.39, 0.29) is 12.6 Å². The summed E-state index contributed by atoms with van der Waals surface area (Å²) in [6.45, 7) is 6.85. The van der Waals surface area contributed by atoms with Gasteiger partial charge in [0.25, 0.3) is 0 Å². The monoisotopic (exact) mass is 328 g/mol. The van der Waals surface area contributed by atoms with Gasteiger partial charge < -0.3 is 21.1 Å². The number of nitrogens with one attached hydrogen (secondary N) is 3. The number of aliphatic hydroxyl groups is 1. The van der Waals surface area contributed by atoms with Crippen LogP contribution in [0.3, 0.4) is 0 Å². The van der Waals surface area contributed by atoms with Gasteiger partial charge in [0.1, 0.15) is 0 Å². The Morgan fingerprint density at radius 2 is 1.75 bits per heavy atom. The first-order valence-electron chi connectivity index (χ1n) is 8.01. The quantitative estimate of drug-likeness (QED) is 0.497. The third-order valence-electron chi connectivity index (χ3n) is 3.38. The van der Waals surface area contributed by atoms with Gasteiger partial charge in [-0.3, -0.25) is 0 Å². The first kappa shape index (κ1) is 17.7. The molecular formula is C17H24N6O. The standard InChI is InChI=1S/C17H24N6O/c1-3-10-18-15-21-16(19-11-13-8-6-5-7-9-13)23-17(22-15)20-14(4-2)12-24/h3,5-9,14,24H,1,4,10-12H2,2H3,(H3,18,19,20,21,22,23)/t14-/m1/s1. The second kappa shape index (κ2) is 9.46. The maximum absolute atomic E-state index is 9.34. The van der Waals surface area contributed by atoms with E-state index in [1.165, 1.54) is 0 Å². The molecule has 7 nitrogen and oxygen atoms in total. The fourth-order valence-corrected chi connectivity index (χ4v) is 2.00. The number of hydrogen-bond acceptors (Lipinski definition) is 7. The molecule has 0 spiro atoms. The van der Waals surface area contributed by atoms with Gasteiger partial charge in [-0.2, -0.15) is 15.0 Å². The van der Waals surface area contributed by atoms with Crippen LogP contribution in [-0.4, -0.2) is 39.3 Å². The molecule has 0 aliphatic rings. The van der Waals surface area contributed by atoms with Crippen LogP contribution in [0.2, 0.25) is 0 Å². The Morgan fingerprint density at radius 1 is 1.08 bits per heavy atom. The summed E-state index contributed by atoms with van der Waals surface area (Å²) in [5.41, 5.74) is 1.13. The molecule has 0 aliphatic heterocycles. The molecule has 0 aliphatic carbocycles. The Bertz CT molecular complexity index is 630. The average Bonchev–Trinajstić information content (AvgIpc) is 2.63. The summed E-state index contributed by atoms with van der Waals surface area (Å²) in [5, 5.41) is 18.7. The van der Waals surface area contributed by atoms with Crippen molar-refractivity contribution in [2.45, 2.75) is 25.9 Å². The molecule has 7 heteroatoms. The number of aromatic nitrogens is 3. The van der Waals surface area contributed by atoms with Crippen molar-refractivity contribution < 1.29 is 5.11 Å². The van der Waals surface area contributed by atoms with Gasteiger partial charge >= 0.3 is 0 Å². The van der Waals surface area contributed by atoms with Crippen LogP contribution in [-0.2, 0) is 6.54 Å². The number of hydrogen-bond donors (Lipinski definition) is 4. The molecule has 0 bridgehead atoms. The Hall–Kier alpha value is -2.67. The summed E-state index contributed by atoms with van der Waals surface area (Å²) < 4.78 is 0. The molecule has 0 saturated carbocycles. The number of anilines is 3. The zero-order valence-electron chi connectivity index (χ0n) is 13.9. The Balaban J connectivity index is 2.13. The normalized spacial score (nSPS) is 11.6. The lowest BCUT2D eigenvalue weighted by Gasteiger charge is -2.15. The molecule has 0 radical (unpaired) electrons. The molecule has 1 heterocycles. The molecule has 0 saturated heterocycles. The van der Waals surface area contributed by atoms with E-state index in [9.17, 15) is 5.11 Å². The average molecular weight is 328 g/mol. The van der Waals surface area contributed by atoms with Gasteiger partial charge in [-0.25, -0.2) is 0 Å². The van der Waals surface area contributed by atoms with Gasteiger partial charge in [0.15, 0.2) is 0 Å². The van der Waals surface area contributed by atoms with Gasteiger partial charge in [-0.15, -0.1) is 6.58 Å². The van der Waals surface area contributed by atoms with Crippen molar-refractivity contribution in [2.24, 2.45) is 0 Å². The second-order valence-corrected chi connectivity index (χ2v) is 5.25. The van der Waals surface area contributed by atoms with Crippen molar-refractivity contribution in [1.82, 2.24) is 15.0 Å². The van der Waals surface area contributed by atoms with E-state index in [4.69, 9.17) is 0 Å². The van der Waals surface area contributed by atoms with E-state index >= 15 is 0 Å². The summed E-state index contributed by atoms with van der Waals surface area (Å²) in [5.74, 6) is 1.35. The molecular weight excluding hydrogens is 304 g/mol. The largest absolute Gasteiger partial charge is 0.394 e. The molecule has 1 aromatic carbocycles. The lowest BCUT2D eigenvalue weighted by molar-refractivity contribution is 0.271. The SMILES string of the molecule is C=CCNc1nc(NCc2ccccc2)nc(N[C@H](CC)CO)n1. The predicted octanol–water partition coefficient (Wildman–Crippen LogP) is 2.26. The lowest BCUT2D eigenvalue weighted by Crippen LogP contribution is -2.24. The molecule has 2 aromatic rings. The van der Waals surface area contributed by atoms with Crippen molar-refractivity contribution in [3.8, 4) is 0 Å². The molecule has 1 atom stereocenters. The zero-order chi connectivity index (χ0) is 17.2. The van der Waals surface area contributed by atoms with Gasteiger partial charge in [-0.1, -0.05) is 43.3 Å².